The van der Waals surface area contributed by atoms with Crippen molar-refractivity contribution in [3.8, 4) is 6.07 Å². The summed E-state index contributed by atoms with van der Waals surface area (Å²) in [6.07, 6.45) is 1.54. The number of nitrogens with zero attached hydrogens (tertiary/aromatic N) is 2. The van der Waals surface area contributed by atoms with Gasteiger partial charge in [0.15, 0.2) is 0 Å². The molecule has 2 aliphatic heterocycles. The van der Waals surface area contributed by atoms with E-state index in [1.54, 1.807) is 36.4 Å². The van der Waals surface area contributed by atoms with E-state index in [2.05, 4.69) is 6.07 Å². The van der Waals surface area contributed by atoms with Crippen LogP contribution in [0.5, 0.6) is 0 Å². The Hall–Kier alpha value is -4.00. The van der Waals surface area contributed by atoms with Crippen molar-refractivity contribution in [1.82, 2.24) is 0 Å². The lowest BCUT2D eigenvalue weighted by atomic mass is 10.1. The average Bonchev–Trinajstić information content (AvgIpc) is 3.41. The van der Waals surface area contributed by atoms with Gasteiger partial charge in [0, 0.05) is 6.61 Å². The van der Waals surface area contributed by atoms with Gasteiger partial charge in [0.2, 0.25) is 9.84 Å². The molecule has 1 amide bonds. The Morgan fingerprint density at radius 3 is 2.64 bits per heavy atom. The molecule has 0 radical (unpaired) electrons. The summed E-state index contributed by atoms with van der Waals surface area (Å²) in [7, 11) is -4.08. The van der Waals surface area contributed by atoms with Crippen molar-refractivity contribution in [2.24, 2.45) is 0 Å². The minimum absolute atomic E-state index is 0.0191. The Morgan fingerprint density at radius 1 is 1.08 bits per heavy atom. The standard InChI is InChI=1S/C27H22N2O6S/c28-15-19-6-1-2-7-20(19)16-29-23-14-18(27(31)35-17-21-8-5-13-34-21)11-12-25(23)36(32,33)24-10-4-3-9-22(24)26(29)30/h1-4,6-7,9-12,14,21H,5,8,13,16-17H2. The maximum Gasteiger partial charge on any atom is 0.338 e. The molecule has 9 heteroatoms. The van der Waals surface area contributed by atoms with Crippen molar-refractivity contribution in [2.45, 2.75) is 35.3 Å². The number of amides is 1. The number of ether oxygens (including phenoxy) is 2. The molecule has 3 aromatic carbocycles. The van der Waals surface area contributed by atoms with E-state index in [1.807, 2.05) is 0 Å². The van der Waals surface area contributed by atoms with Gasteiger partial charge in [-0.15, -0.1) is 0 Å². The van der Waals surface area contributed by atoms with Gasteiger partial charge in [0.1, 0.15) is 6.61 Å². The monoisotopic (exact) mass is 502 g/mol. The summed E-state index contributed by atoms with van der Waals surface area (Å²) < 4.78 is 38.1. The second-order valence-electron chi connectivity index (χ2n) is 8.58. The fourth-order valence-electron chi connectivity index (χ4n) is 4.46. The molecule has 8 nitrogen and oxygen atoms in total. The van der Waals surface area contributed by atoms with E-state index in [-0.39, 0.29) is 45.9 Å². The van der Waals surface area contributed by atoms with Gasteiger partial charge in [-0.25, -0.2) is 13.2 Å². The predicted molar refractivity (Wildman–Crippen MR) is 129 cm³/mol. The molecule has 2 aliphatic rings. The third kappa shape index (κ3) is 4.26. The summed E-state index contributed by atoms with van der Waals surface area (Å²) in [6, 6.07) is 19.0. The molecule has 0 bridgehead atoms. The Morgan fingerprint density at radius 2 is 1.86 bits per heavy atom. The lowest BCUT2D eigenvalue weighted by Gasteiger charge is -2.24. The summed E-state index contributed by atoms with van der Waals surface area (Å²) in [5, 5.41) is 9.55. The van der Waals surface area contributed by atoms with Gasteiger partial charge in [0.05, 0.1) is 50.9 Å². The van der Waals surface area contributed by atoms with Crippen LogP contribution in [0.3, 0.4) is 0 Å². The van der Waals surface area contributed by atoms with Crippen molar-refractivity contribution in [1.29, 1.82) is 5.26 Å². The molecule has 1 saturated heterocycles. The maximum absolute atomic E-state index is 13.7. The number of carbonyl (C=O) groups excluding carboxylic acids is 2. The molecular weight excluding hydrogens is 480 g/mol. The van der Waals surface area contributed by atoms with E-state index in [0.29, 0.717) is 17.7 Å². The number of anilines is 1. The van der Waals surface area contributed by atoms with Gasteiger partial charge >= 0.3 is 5.97 Å². The molecule has 0 spiro atoms. The normalized spacial score (nSPS) is 18.0. The van der Waals surface area contributed by atoms with Crippen LogP contribution in [0.2, 0.25) is 0 Å². The van der Waals surface area contributed by atoms with E-state index in [0.717, 1.165) is 12.8 Å². The third-order valence-electron chi connectivity index (χ3n) is 6.32. The van der Waals surface area contributed by atoms with E-state index < -0.39 is 21.7 Å². The molecular formula is C27H22N2O6S. The van der Waals surface area contributed by atoms with Crippen molar-refractivity contribution >= 4 is 27.4 Å². The molecule has 5 rings (SSSR count). The highest BCUT2D eigenvalue weighted by Gasteiger charge is 2.36. The molecule has 3 aromatic rings. The smallest absolute Gasteiger partial charge is 0.338 e. The summed E-state index contributed by atoms with van der Waals surface area (Å²) >= 11 is 0. The summed E-state index contributed by atoms with van der Waals surface area (Å²) in [5.74, 6) is -1.19. The fraction of sp³-hybridized carbons (Fsp3) is 0.222. The molecule has 0 aromatic heterocycles. The number of fused-ring (bicyclic) bond motifs is 2. The maximum atomic E-state index is 13.7. The molecule has 0 N–H and O–H groups in total. The van der Waals surface area contributed by atoms with E-state index in [1.165, 1.54) is 35.2 Å². The number of benzene rings is 3. The van der Waals surface area contributed by atoms with Crippen LogP contribution in [-0.2, 0) is 25.9 Å². The Bertz CT molecular complexity index is 1500. The second kappa shape index (κ2) is 9.57. The highest BCUT2D eigenvalue weighted by atomic mass is 32.2. The molecule has 1 unspecified atom stereocenters. The zero-order valence-corrected chi connectivity index (χ0v) is 20.0. The number of carbonyl (C=O) groups is 2. The first kappa shape index (κ1) is 23.7. The molecule has 1 fully saturated rings. The van der Waals surface area contributed by atoms with Crippen molar-refractivity contribution in [3.63, 3.8) is 0 Å². The number of esters is 1. The topological polar surface area (TPSA) is 114 Å². The zero-order chi connectivity index (χ0) is 25.3. The molecule has 0 saturated carbocycles. The Balaban J connectivity index is 1.61. The lowest BCUT2D eigenvalue weighted by molar-refractivity contribution is 0.0161. The molecule has 2 heterocycles. The van der Waals surface area contributed by atoms with E-state index in [4.69, 9.17) is 9.47 Å². The Labute approximate surface area is 208 Å². The van der Waals surface area contributed by atoms with Crippen LogP contribution in [0.1, 0.15) is 44.7 Å². The highest BCUT2D eigenvalue weighted by molar-refractivity contribution is 7.91. The van der Waals surface area contributed by atoms with Crippen LogP contribution >= 0.6 is 0 Å². The van der Waals surface area contributed by atoms with Crippen LogP contribution in [0.25, 0.3) is 0 Å². The zero-order valence-electron chi connectivity index (χ0n) is 19.2. The first-order valence-corrected chi connectivity index (χ1v) is 13.0. The summed E-state index contributed by atoms with van der Waals surface area (Å²) in [4.78, 5) is 27.6. The number of sulfone groups is 1. The fourth-order valence-corrected chi connectivity index (χ4v) is 6.09. The van der Waals surface area contributed by atoms with Crippen molar-refractivity contribution < 1.29 is 27.5 Å². The van der Waals surface area contributed by atoms with Gasteiger partial charge in [-0.3, -0.25) is 4.79 Å². The van der Waals surface area contributed by atoms with Crippen molar-refractivity contribution in [2.75, 3.05) is 18.1 Å². The quantitative estimate of drug-likeness (QED) is 0.486. The largest absolute Gasteiger partial charge is 0.459 e. The minimum Gasteiger partial charge on any atom is -0.459 e. The van der Waals surface area contributed by atoms with Gasteiger partial charge in [-0.05, 0) is 54.8 Å². The predicted octanol–water partition coefficient (Wildman–Crippen LogP) is 3.89. The minimum atomic E-state index is -4.08. The number of hydrogen-bond acceptors (Lipinski definition) is 7. The average molecular weight is 503 g/mol. The molecule has 0 aliphatic carbocycles. The first-order valence-electron chi connectivity index (χ1n) is 11.5. The van der Waals surface area contributed by atoms with Crippen LogP contribution < -0.4 is 4.90 Å². The molecule has 1 atom stereocenters. The number of hydrogen-bond donors (Lipinski definition) is 0. The summed E-state index contributed by atoms with van der Waals surface area (Å²) in [6.45, 7) is 0.659. The second-order valence-corrected chi connectivity index (χ2v) is 10.5. The van der Waals surface area contributed by atoms with E-state index >= 15 is 0 Å². The highest BCUT2D eigenvalue weighted by Crippen LogP contribution is 2.38. The van der Waals surface area contributed by atoms with Crippen LogP contribution in [-0.4, -0.2) is 39.6 Å². The van der Waals surface area contributed by atoms with Gasteiger partial charge in [0.25, 0.3) is 5.91 Å². The van der Waals surface area contributed by atoms with Gasteiger partial charge in [-0.2, -0.15) is 5.26 Å². The molecule has 36 heavy (non-hydrogen) atoms. The van der Waals surface area contributed by atoms with Crippen LogP contribution in [0.4, 0.5) is 5.69 Å². The number of rotatable bonds is 5. The number of nitriles is 1. The first-order chi connectivity index (χ1) is 17.4. The third-order valence-corrected chi connectivity index (χ3v) is 8.18. The van der Waals surface area contributed by atoms with Gasteiger partial charge in [-0.1, -0.05) is 30.3 Å². The van der Waals surface area contributed by atoms with Crippen LogP contribution in [0.15, 0.2) is 76.5 Å². The van der Waals surface area contributed by atoms with Crippen LogP contribution in [0, 0.1) is 11.3 Å². The SMILES string of the molecule is N#Cc1ccccc1CN1C(=O)c2ccccc2S(=O)(=O)c2ccc(C(=O)OCC3CCCO3)cc21. The summed E-state index contributed by atoms with van der Waals surface area (Å²) in [5.41, 5.74) is 1.09. The van der Waals surface area contributed by atoms with Gasteiger partial charge < -0.3 is 14.4 Å². The Kier molecular flexibility index (Phi) is 6.31. The van der Waals surface area contributed by atoms with E-state index in [9.17, 15) is 23.3 Å². The molecule has 182 valence electrons. The lowest BCUT2D eigenvalue weighted by Crippen LogP contribution is -2.31. The van der Waals surface area contributed by atoms with Crippen molar-refractivity contribution in [3.05, 3.63) is 89.0 Å².